The number of halogens is 3. The molecule has 7 nitrogen and oxygen atoms in total. The van der Waals surface area contributed by atoms with Crippen LogP contribution in [0.15, 0.2) is 36.7 Å². The smallest absolute Gasteiger partial charge is 0.374 e. The molecule has 2 aromatic rings. The summed E-state index contributed by atoms with van der Waals surface area (Å²) in [6.07, 6.45) is -4.07. The SMILES string of the molecule is Cn1ccnc1[C@@](O)(CC(=O)Nc1ccc(C(N)=O)cc1)C(F)(F)F. The molecule has 134 valence electrons. The Morgan fingerprint density at radius 1 is 1.28 bits per heavy atom. The van der Waals surface area contributed by atoms with Gasteiger partial charge in [0.05, 0.1) is 6.42 Å². The van der Waals surface area contributed by atoms with Crippen molar-refractivity contribution in [1.82, 2.24) is 9.55 Å². The summed E-state index contributed by atoms with van der Waals surface area (Å²) in [5.74, 6) is -2.45. The molecule has 1 atom stereocenters. The van der Waals surface area contributed by atoms with Gasteiger partial charge in [0.15, 0.2) is 5.82 Å². The van der Waals surface area contributed by atoms with Crippen LogP contribution in [0.3, 0.4) is 0 Å². The largest absolute Gasteiger partial charge is 0.425 e. The van der Waals surface area contributed by atoms with Gasteiger partial charge in [0.2, 0.25) is 17.4 Å². The van der Waals surface area contributed by atoms with Gasteiger partial charge >= 0.3 is 6.18 Å². The molecule has 1 heterocycles. The lowest BCUT2D eigenvalue weighted by Gasteiger charge is -2.29. The minimum atomic E-state index is -5.11. The predicted octanol–water partition coefficient (Wildman–Crippen LogP) is 1.30. The summed E-state index contributed by atoms with van der Waals surface area (Å²) in [6, 6.07) is 5.25. The molecule has 0 radical (unpaired) electrons. The number of rotatable bonds is 5. The Hall–Kier alpha value is -2.88. The van der Waals surface area contributed by atoms with Crippen LogP contribution in [0.2, 0.25) is 0 Å². The Labute approximate surface area is 140 Å². The number of anilines is 1. The zero-order valence-corrected chi connectivity index (χ0v) is 13.0. The fourth-order valence-corrected chi connectivity index (χ4v) is 2.23. The average Bonchev–Trinajstić information content (AvgIpc) is 2.93. The number of nitrogens with two attached hydrogens (primary N) is 1. The Balaban J connectivity index is 2.21. The molecule has 25 heavy (non-hydrogen) atoms. The lowest BCUT2D eigenvalue weighted by molar-refractivity contribution is -0.270. The van der Waals surface area contributed by atoms with Crippen LogP contribution >= 0.6 is 0 Å². The third-order valence-corrected chi connectivity index (χ3v) is 3.53. The highest BCUT2D eigenvalue weighted by atomic mass is 19.4. The third kappa shape index (κ3) is 3.79. The quantitative estimate of drug-likeness (QED) is 0.750. The van der Waals surface area contributed by atoms with Gasteiger partial charge in [-0.1, -0.05) is 0 Å². The standard InChI is InChI=1S/C15H15F3N4O3/c1-22-7-6-20-13(22)14(25,15(16,17)18)8-11(23)21-10-4-2-9(3-5-10)12(19)24/h2-7,25H,8H2,1H3,(H2,19,24)(H,21,23)/t14-/m0/s1. The minimum absolute atomic E-state index is 0.152. The van der Waals surface area contributed by atoms with E-state index in [1.807, 2.05) is 0 Å². The second-order valence-corrected chi connectivity index (χ2v) is 5.39. The summed E-state index contributed by atoms with van der Waals surface area (Å²) in [5, 5.41) is 12.4. The number of carbonyl (C=O) groups is 2. The Bertz CT molecular complexity index is 786. The number of imidazole rings is 1. The van der Waals surface area contributed by atoms with Crippen LogP contribution in [0.4, 0.5) is 18.9 Å². The normalized spacial score (nSPS) is 14.0. The molecule has 1 aromatic carbocycles. The van der Waals surface area contributed by atoms with Crippen LogP contribution in [-0.2, 0) is 17.4 Å². The molecule has 0 saturated carbocycles. The minimum Gasteiger partial charge on any atom is -0.374 e. The molecule has 0 aliphatic carbocycles. The molecule has 2 rings (SSSR count). The molecule has 2 amide bonds. The predicted molar refractivity (Wildman–Crippen MR) is 81.4 cm³/mol. The van der Waals surface area contributed by atoms with Crippen LogP contribution < -0.4 is 11.1 Å². The first-order valence-electron chi connectivity index (χ1n) is 7.01. The maximum atomic E-state index is 13.4. The maximum Gasteiger partial charge on any atom is 0.425 e. The summed E-state index contributed by atoms with van der Waals surface area (Å²) in [4.78, 5) is 26.5. The van der Waals surface area contributed by atoms with E-state index in [-0.39, 0.29) is 11.3 Å². The second kappa shape index (κ2) is 6.55. The average molecular weight is 356 g/mol. The highest BCUT2D eigenvalue weighted by Gasteiger charge is 2.58. The van der Waals surface area contributed by atoms with Crippen LogP contribution in [0.5, 0.6) is 0 Å². The van der Waals surface area contributed by atoms with Gasteiger partial charge in [0, 0.05) is 30.7 Å². The highest BCUT2D eigenvalue weighted by molar-refractivity contribution is 5.95. The number of hydrogen-bond donors (Lipinski definition) is 3. The number of aromatic nitrogens is 2. The van der Waals surface area contributed by atoms with Gasteiger partial charge in [0.1, 0.15) is 0 Å². The summed E-state index contributed by atoms with van der Waals surface area (Å²) in [5.41, 5.74) is 1.96. The van der Waals surface area contributed by atoms with E-state index in [2.05, 4.69) is 10.3 Å². The van der Waals surface area contributed by atoms with Gasteiger partial charge in [0.25, 0.3) is 0 Å². The van der Waals surface area contributed by atoms with Gasteiger partial charge in [-0.15, -0.1) is 0 Å². The molecule has 0 spiro atoms. The molecule has 1 aromatic heterocycles. The Morgan fingerprint density at radius 2 is 1.88 bits per heavy atom. The van der Waals surface area contributed by atoms with Crippen LogP contribution in [-0.4, -0.2) is 32.6 Å². The number of nitrogens with zero attached hydrogens (tertiary/aromatic N) is 2. The van der Waals surface area contributed by atoms with Gasteiger partial charge in [-0.3, -0.25) is 9.59 Å². The number of nitrogens with one attached hydrogen (secondary N) is 1. The molecular formula is C15H15F3N4O3. The molecule has 10 heteroatoms. The number of carbonyl (C=O) groups excluding carboxylic acids is 2. The lowest BCUT2D eigenvalue weighted by atomic mass is 9.97. The number of alkyl halides is 3. The van der Waals surface area contributed by atoms with E-state index in [0.29, 0.717) is 0 Å². The fraction of sp³-hybridized carbons (Fsp3) is 0.267. The third-order valence-electron chi connectivity index (χ3n) is 3.53. The van der Waals surface area contributed by atoms with Crippen molar-refractivity contribution in [1.29, 1.82) is 0 Å². The van der Waals surface area contributed by atoms with Gasteiger partial charge in [-0.2, -0.15) is 13.2 Å². The maximum absolute atomic E-state index is 13.4. The number of aryl methyl sites for hydroxylation is 1. The summed E-state index contributed by atoms with van der Waals surface area (Å²) in [6.45, 7) is 0. The molecule has 0 bridgehead atoms. The first kappa shape index (κ1) is 18.5. The van der Waals surface area contributed by atoms with Gasteiger partial charge < -0.3 is 20.7 Å². The van der Waals surface area contributed by atoms with E-state index in [9.17, 15) is 27.9 Å². The summed E-state index contributed by atoms with van der Waals surface area (Å²) < 4.78 is 41.0. The first-order valence-corrected chi connectivity index (χ1v) is 7.01. The first-order chi connectivity index (χ1) is 11.5. The molecule has 0 saturated heterocycles. The van der Waals surface area contributed by atoms with Crippen LogP contribution in [0.1, 0.15) is 22.6 Å². The lowest BCUT2D eigenvalue weighted by Crippen LogP contribution is -2.46. The zero-order chi connectivity index (χ0) is 18.8. The summed E-state index contributed by atoms with van der Waals surface area (Å²) in [7, 11) is 1.28. The van der Waals surface area contributed by atoms with Crippen molar-refractivity contribution in [3.8, 4) is 0 Å². The van der Waals surface area contributed by atoms with Crippen molar-refractivity contribution in [2.45, 2.75) is 18.2 Å². The highest BCUT2D eigenvalue weighted by Crippen LogP contribution is 2.40. The van der Waals surface area contributed by atoms with Crippen molar-refractivity contribution in [3.63, 3.8) is 0 Å². The molecule has 0 aliphatic rings. The number of aliphatic hydroxyl groups is 1. The Morgan fingerprint density at radius 3 is 2.32 bits per heavy atom. The molecule has 0 unspecified atom stereocenters. The van der Waals surface area contributed by atoms with E-state index < -0.39 is 35.8 Å². The second-order valence-electron chi connectivity index (χ2n) is 5.39. The number of benzene rings is 1. The number of primary amides is 1. The van der Waals surface area contributed by atoms with Crippen LogP contribution in [0.25, 0.3) is 0 Å². The summed E-state index contributed by atoms with van der Waals surface area (Å²) >= 11 is 0. The topological polar surface area (TPSA) is 110 Å². The van der Waals surface area contributed by atoms with Gasteiger partial charge in [-0.05, 0) is 24.3 Å². The molecular weight excluding hydrogens is 341 g/mol. The fourth-order valence-electron chi connectivity index (χ4n) is 2.23. The van der Waals surface area contributed by atoms with Crippen LogP contribution in [0, 0.1) is 0 Å². The van der Waals surface area contributed by atoms with E-state index in [1.54, 1.807) is 0 Å². The van der Waals surface area contributed by atoms with Gasteiger partial charge in [-0.25, -0.2) is 4.98 Å². The zero-order valence-electron chi connectivity index (χ0n) is 13.0. The monoisotopic (exact) mass is 356 g/mol. The van der Waals surface area contributed by atoms with E-state index in [1.165, 1.54) is 37.5 Å². The van der Waals surface area contributed by atoms with Crippen molar-refractivity contribution in [2.75, 3.05) is 5.32 Å². The van der Waals surface area contributed by atoms with Crippen molar-refractivity contribution < 1.29 is 27.9 Å². The van der Waals surface area contributed by atoms with Crippen molar-refractivity contribution >= 4 is 17.5 Å². The van der Waals surface area contributed by atoms with Crippen molar-refractivity contribution in [3.05, 3.63) is 48.0 Å². The van der Waals surface area contributed by atoms with Crippen molar-refractivity contribution in [2.24, 2.45) is 12.8 Å². The van der Waals surface area contributed by atoms with E-state index in [4.69, 9.17) is 5.73 Å². The molecule has 0 aliphatic heterocycles. The number of amides is 2. The Kier molecular flexibility index (Phi) is 4.84. The molecule has 4 N–H and O–H groups in total. The molecule has 0 fully saturated rings. The number of hydrogen-bond acceptors (Lipinski definition) is 4. The van der Waals surface area contributed by atoms with E-state index in [0.717, 1.165) is 10.8 Å². The van der Waals surface area contributed by atoms with E-state index >= 15 is 0 Å².